The van der Waals surface area contributed by atoms with E-state index in [1.165, 1.54) is 0 Å². The first-order valence-electron chi connectivity index (χ1n) is 6.03. The Morgan fingerprint density at radius 1 is 1.17 bits per heavy atom. The van der Waals surface area contributed by atoms with Crippen LogP contribution in [0.4, 0.5) is 0 Å². The van der Waals surface area contributed by atoms with Crippen LogP contribution in [0, 0.1) is 13.8 Å². The summed E-state index contributed by atoms with van der Waals surface area (Å²) in [5.41, 5.74) is 9.41. The number of hydrogen-bond acceptors (Lipinski definition) is 3. The van der Waals surface area contributed by atoms with Gasteiger partial charge in [-0.3, -0.25) is 4.98 Å². The van der Waals surface area contributed by atoms with Gasteiger partial charge in [0.25, 0.3) is 0 Å². The van der Waals surface area contributed by atoms with Crippen LogP contribution in [0.1, 0.15) is 22.7 Å². The summed E-state index contributed by atoms with van der Waals surface area (Å²) in [5, 5.41) is 0. The highest BCUT2D eigenvalue weighted by molar-refractivity contribution is 5.34. The molecule has 0 fully saturated rings. The van der Waals surface area contributed by atoms with Crippen LogP contribution in [0.25, 0.3) is 0 Å². The maximum Gasteiger partial charge on any atom is 0.140 e. The average Bonchev–Trinajstić information content (AvgIpc) is 2.41. The molecule has 2 N–H and O–H groups in total. The number of pyridine rings is 1. The van der Waals surface area contributed by atoms with E-state index in [-0.39, 0.29) is 6.04 Å². The predicted molar refractivity (Wildman–Crippen MR) is 72.6 cm³/mol. The zero-order chi connectivity index (χ0) is 13.0. The lowest BCUT2D eigenvalue weighted by atomic mass is 10.1. The molecule has 0 aliphatic rings. The van der Waals surface area contributed by atoms with Gasteiger partial charge in [-0.1, -0.05) is 30.3 Å². The standard InChI is InChI=1S/C15H18N2O/c1-11-8-17-9-15(12(11)2)18-10-14(16)13-6-4-3-5-7-13/h3-9,14H,10,16H2,1-2H3. The largest absolute Gasteiger partial charge is 0.490 e. The van der Waals surface area contributed by atoms with E-state index in [0.717, 1.165) is 22.4 Å². The minimum Gasteiger partial charge on any atom is -0.490 e. The van der Waals surface area contributed by atoms with Gasteiger partial charge in [0.2, 0.25) is 0 Å². The van der Waals surface area contributed by atoms with Crippen LogP contribution in [-0.4, -0.2) is 11.6 Å². The van der Waals surface area contributed by atoms with Gasteiger partial charge in [0, 0.05) is 6.20 Å². The van der Waals surface area contributed by atoms with Gasteiger partial charge in [-0.25, -0.2) is 0 Å². The minimum atomic E-state index is -0.119. The highest BCUT2D eigenvalue weighted by Crippen LogP contribution is 2.20. The van der Waals surface area contributed by atoms with E-state index in [4.69, 9.17) is 10.5 Å². The quantitative estimate of drug-likeness (QED) is 0.896. The van der Waals surface area contributed by atoms with Gasteiger partial charge in [0.1, 0.15) is 12.4 Å². The molecular formula is C15H18N2O. The van der Waals surface area contributed by atoms with Gasteiger partial charge < -0.3 is 10.5 Å². The Morgan fingerprint density at radius 3 is 2.61 bits per heavy atom. The zero-order valence-electron chi connectivity index (χ0n) is 10.8. The number of ether oxygens (including phenoxy) is 1. The molecule has 0 saturated carbocycles. The van der Waals surface area contributed by atoms with Crippen LogP contribution in [0.3, 0.4) is 0 Å². The number of rotatable bonds is 4. The number of nitrogens with zero attached hydrogens (tertiary/aromatic N) is 1. The van der Waals surface area contributed by atoms with Crippen molar-refractivity contribution in [2.45, 2.75) is 19.9 Å². The second-order valence-electron chi connectivity index (χ2n) is 4.41. The lowest BCUT2D eigenvalue weighted by molar-refractivity contribution is 0.287. The molecule has 18 heavy (non-hydrogen) atoms. The molecule has 0 bridgehead atoms. The van der Waals surface area contributed by atoms with Crippen LogP contribution in [0.15, 0.2) is 42.7 Å². The Kier molecular flexibility index (Phi) is 3.95. The second kappa shape index (κ2) is 5.65. The first kappa shape index (κ1) is 12.6. The number of aryl methyl sites for hydroxylation is 1. The summed E-state index contributed by atoms with van der Waals surface area (Å²) in [6, 6.07) is 9.84. The summed E-state index contributed by atoms with van der Waals surface area (Å²) in [6.45, 7) is 4.50. The molecule has 1 unspecified atom stereocenters. The van der Waals surface area contributed by atoms with Crippen LogP contribution in [0.5, 0.6) is 5.75 Å². The van der Waals surface area contributed by atoms with Crippen molar-refractivity contribution in [2.75, 3.05) is 6.61 Å². The lowest BCUT2D eigenvalue weighted by Crippen LogP contribution is -2.19. The molecule has 94 valence electrons. The minimum absolute atomic E-state index is 0.119. The van der Waals surface area contributed by atoms with E-state index in [1.54, 1.807) is 6.20 Å². The Balaban J connectivity index is 2.02. The van der Waals surface area contributed by atoms with Crippen LogP contribution < -0.4 is 10.5 Å². The normalized spacial score (nSPS) is 12.2. The highest BCUT2D eigenvalue weighted by atomic mass is 16.5. The van der Waals surface area contributed by atoms with E-state index >= 15 is 0 Å². The smallest absolute Gasteiger partial charge is 0.140 e. The van der Waals surface area contributed by atoms with Gasteiger partial charge in [0.05, 0.1) is 12.2 Å². The third-order valence-corrected chi connectivity index (χ3v) is 3.07. The molecule has 0 amide bonds. The van der Waals surface area contributed by atoms with Crippen molar-refractivity contribution in [3.05, 3.63) is 59.4 Å². The molecule has 1 atom stereocenters. The first-order valence-corrected chi connectivity index (χ1v) is 6.03. The third-order valence-electron chi connectivity index (χ3n) is 3.07. The molecule has 2 aromatic rings. The zero-order valence-corrected chi connectivity index (χ0v) is 10.8. The monoisotopic (exact) mass is 242 g/mol. The predicted octanol–water partition coefficient (Wildman–Crippen LogP) is 2.78. The molecule has 0 saturated heterocycles. The molecule has 0 aliphatic heterocycles. The van der Waals surface area contributed by atoms with Crippen LogP contribution >= 0.6 is 0 Å². The lowest BCUT2D eigenvalue weighted by Gasteiger charge is -2.15. The van der Waals surface area contributed by atoms with Crippen molar-refractivity contribution in [1.82, 2.24) is 4.98 Å². The molecule has 1 heterocycles. The van der Waals surface area contributed by atoms with Crippen molar-refractivity contribution >= 4 is 0 Å². The molecule has 3 heteroatoms. The van der Waals surface area contributed by atoms with E-state index < -0.39 is 0 Å². The fourth-order valence-electron chi connectivity index (χ4n) is 1.73. The van der Waals surface area contributed by atoms with Gasteiger partial charge in [0.15, 0.2) is 0 Å². The van der Waals surface area contributed by atoms with Gasteiger partial charge in [-0.2, -0.15) is 0 Å². The Labute approximate surface area is 108 Å². The average molecular weight is 242 g/mol. The summed E-state index contributed by atoms with van der Waals surface area (Å²) in [5.74, 6) is 0.807. The summed E-state index contributed by atoms with van der Waals surface area (Å²) < 4.78 is 5.75. The molecule has 0 aliphatic carbocycles. The van der Waals surface area contributed by atoms with E-state index in [9.17, 15) is 0 Å². The third kappa shape index (κ3) is 2.87. The fourth-order valence-corrected chi connectivity index (χ4v) is 1.73. The topological polar surface area (TPSA) is 48.1 Å². The van der Waals surface area contributed by atoms with Gasteiger partial charge in [-0.05, 0) is 30.5 Å². The Morgan fingerprint density at radius 2 is 1.89 bits per heavy atom. The summed E-state index contributed by atoms with van der Waals surface area (Å²) in [6.07, 6.45) is 3.57. The maximum atomic E-state index is 6.09. The number of nitrogens with two attached hydrogens (primary N) is 1. The molecule has 3 nitrogen and oxygen atoms in total. The SMILES string of the molecule is Cc1cncc(OCC(N)c2ccccc2)c1C. The first-order chi connectivity index (χ1) is 8.68. The van der Waals surface area contributed by atoms with Crippen LogP contribution in [-0.2, 0) is 0 Å². The van der Waals surface area contributed by atoms with Crippen molar-refractivity contribution in [3.63, 3.8) is 0 Å². The summed E-state index contributed by atoms with van der Waals surface area (Å²) in [7, 11) is 0. The second-order valence-corrected chi connectivity index (χ2v) is 4.41. The van der Waals surface area contributed by atoms with E-state index in [1.807, 2.05) is 50.4 Å². The molecular weight excluding hydrogens is 224 g/mol. The molecule has 2 rings (SSSR count). The van der Waals surface area contributed by atoms with E-state index in [2.05, 4.69) is 4.98 Å². The Hall–Kier alpha value is -1.87. The van der Waals surface area contributed by atoms with Gasteiger partial charge in [-0.15, -0.1) is 0 Å². The highest BCUT2D eigenvalue weighted by Gasteiger charge is 2.08. The summed E-state index contributed by atoms with van der Waals surface area (Å²) >= 11 is 0. The van der Waals surface area contributed by atoms with E-state index in [0.29, 0.717) is 6.61 Å². The molecule has 0 spiro atoms. The number of hydrogen-bond donors (Lipinski definition) is 1. The maximum absolute atomic E-state index is 6.09. The van der Waals surface area contributed by atoms with Crippen molar-refractivity contribution < 1.29 is 4.74 Å². The van der Waals surface area contributed by atoms with Crippen molar-refractivity contribution in [3.8, 4) is 5.75 Å². The molecule has 1 aromatic carbocycles. The number of benzene rings is 1. The fraction of sp³-hybridized carbons (Fsp3) is 0.267. The molecule has 1 aromatic heterocycles. The van der Waals surface area contributed by atoms with Crippen LogP contribution in [0.2, 0.25) is 0 Å². The summed E-state index contributed by atoms with van der Waals surface area (Å²) in [4.78, 5) is 4.13. The van der Waals surface area contributed by atoms with Gasteiger partial charge >= 0.3 is 0 Å². The molecule has 0 radical (unpaired) electrons. The van der Waals surface area contributed by atoms with Crippen molar-refractivity contribution in [1.29, 1.82) is 0 Å². The van der Waals surface area contributed by atoms with Crippen molar-refractivity contribution in [2.24, 2.45) is 5.73 Å². The Bertz CT molecular complexity index is 511. The number of aromatic nitrogens is 1.